The Morgan fingerprint density at radius 3 is 2.32 bits per heavy atom. The van der Waals surface area contributed by atoms with Crippen LogP contribution in [0.3, 0.4) is 0 Å². The van der Waals surface area contributed by atoms with E-state index in [-0.39, 0.29) is 24.0 Å². The van der Waals surface area contributed by atoms with Crippen LogP contribution in [-0.4, -0.2) is 49.1 Å². The molecule has 0 saturated heterocycles. The number of ketones is 1. The molecule has 0 aromatic heterocycles. The lowest BCUT2D eigenvalue weighted by molar-refractivity contribution is -0.137. The van der Waals surface area contributed by atoms with Gasteiger partial charge in [0.15, 0.2) is 5.78 Å². The van der Waals surface area contributed by atoms with Crippen molar-refractivity contribution < 1.29 is 29.0 Å². The maximum absolute atomic E-state index is 13.1. The Balaban J connectivity index is 1.17. The number of para-hydroxylation sites is 1. The number of rotatable bonds is 15. The number of carbonyl (C=O) groups is 3. The Morgan fingerprint density at radius 2 is 1.61 bits per heavy atom. The summed E-state index contributed by atoms with van der Waals surface area (Å²) in [5.74, 6) is 0.399. The Bertz CT molecular complexity index is 1580. The summed E-state index contributed by atoms with van der Waals surface area (Å²) in [4.78, 5) is 40.1. The second-order valence-electron chi connectivity index (χ2n) is 10.8. The molecule has 0 heterocycles. The molecule has 226 valence electrons. The SMILES string of the molecule is COc1cccc(N(CCCOc2ccc(CC(Nc3ccccc3C(=O)c3ccccc3)C(=O)O)cc2)C(=O)C2CC2)c1. The molecule has 8 nitrogen and oxygen atoms in total. The van der Waals surface area contributed by atoms with Crippen LogP contribution in [0.2, 0.25) is 0 Å². The van der Waals surface area contributed by atoms with Crippen molar-refractivity contribution in [1.29, 1.82) is 0 Å². The Morgan fingerprint density at radius 1 is 0.886 bits per heavy atom. The summed E-state index contributed by atoms with van der Waals surface area (Å²) in [5.41, 5.74) is 3.05. The summed E-state index contributed by atoms with van der Waals surface area (Å²) in [6.07, 6.45) is 2.71. The largest absolute Gasteiger partial charge is 0.497 e. The van der Waals surface area contributed by atoms with Crippen molar-refractivity contribution >= 4 is 29.0 Å². The molecule has 2 N–H and O–H groups in total. The number of anilines is 2. The number of benzene rings is 4. The van der Waals surface area contributed by atoms with Gasteiger partial charge in [-0.25, -0.2) is 4.79 Å². The first-order chi connectivity index (χ1) is 21.4. The number of nitrogens with one attached hydrogen (secondary N) is 1. The summed E-state index contributed by atoms with van der Waals surface area (Å²) < 4.78 is 11.3. The Labute approximate surface area is 257 Å². The molecular weight excluding hydrogens is 556 g/mol. The number of aliphatic carboxylic acids is 1. The molecule has 0 radical (unpaired) electrons. The van der Waals surface area contributed by atoms with Gasteiger partial charge < -0.3 is 24.8 Å². The minimum atomic E-state index is -1.02. The van der Waals surface area contributed by atoms with Crippen LogP contribution >= 0.6 is 0 Å². The highest BCUT2D eigenvalue weighted by Crippen LogP contribution is 2.33. The van der Waals surface area contributed by atoms with Crippen molar-refractivity contribution in [3.05, 3.63) is 120 Å². The summed E-state index contributed by atoms with van der Waals surface area (Å²) in [7, 11) is 1.61. The highest BCUT2D eigenvalue weighted by Gasteiger charge is 2.34. The fourth-order valence-electron chi connectivity index (χ4n) is 5.01. The van der Waals surface area contributed by atoms with E-state index >= 15 is 0 Å². The van der Waals surface area contributed by atoms with Gasteiger partial charge in [-0.2, -0.15) is 0 Å². The molecule has 0 aliphatic heterocycles. The van der Waals surface area contributed by atoms with Crippen molar-refractivity contribution in [2.45, 2.75) is 31.7 Å². The molecule has 1 saturated carbocycles. The van der Waals surface area contributed by atoms with E-state index in [2.05, 4.69) is 5.32 Å². The molecule has 1 aliphatic rings. The first-order valence-electron chi connectivity index (χ1n) is 14.8. The van der Waals surface area contributed by atoms with Crippen LogP contribution in [0.25, 0.3) is 0 Å². The number of carbonyl (C=O) groups excluding carboxylic acids is 2. The zero-order chi connectivity index (χ0) is 30.9. The monoisotopic (exact) mass is 592 g/mol. The molecule has 5 rings (SSSR count). The fraction of sp³-hybridized carbons (Fsp3) is 0.250. The minimum Gasteiger partial charge on any atom is -0.497 e. The predicted molar refractivity (Wildman–Crippen MR) is 170 cm³/mol. The van der Waals surface area contributed by atoms with Gasteiger partial charge in [-0.1, -0.05) is 60.7 Å². The summed E-state index contributed by atoms with van der Waals surface area (Å²) >= 11 is 0. The van der Waals surface area contributed by atoms with E-state index < -0.39 is 12.0 Å². The van der Waals surface area contributed by atoms with E-state index in [1.165, 1.54) is 0 Å². The van der Waals surface area contributed by atoms with E-state index in [0.717, 1.165) is 24.1 Å². The van der Waals surface area contributed by atoms with Gasteiger partial charge in [0.05, 0.1) is 13.7 Å². The molecule has 4 aromatic rings. The average Bonchev–Trinajstić information content (AvgIpc) is 3.91. The number of hydrogen-bond donors (Lipinski definition) is 2. The van der Waals surface area contributed by atoms with Crippen molar-refractivity contribution in [3.63, 3.8) is 0 Å². The van der Waals surface area contributed by atoms with Crippen LogP contribution in [0.1, 0.15) is 40.7 Å². The van der Waals surface area contributed by atoms with Crippen LogP contribution in [0, 0.1) is 5.92 Å². The molecule has 8 heteroatoms. The molecule has 1 atom stereocenters. The molecule has 1 unspecified atom stereocenters. The number of methoxy groups -OCH3 is 1. The van der Waals surface area contributed by atoms with Gasteiger partial charge in [-0.3, -0.25) is 9.59 Å². The third kappa shape index (κ3) is 7.83. The van der Waals surface area contributed by atoms with Crippen molar-refractivity contribution in [3.8, 4) is 11.5 Å². The van der Waals surface area contributed by atoms with Crippen LogP contribution in [0.15, 0.2) is 103 Å². The number of nitrogens with zero attached hydrogens (tertiary/aromatic N) is 1. The molecule has 4 aromatic carbocycles. The van der Waals surface area contributed by atoms with Gasteiger partial charge in [0, 0.05) is 47.5 Å². The standard InChI is InChI=1S/C36H36N2O6/c1-43-30-12-7-11-28(24-30)38(35(40)27-17-18-27)21-8-22-44-29-19-15-25(16-20-29)23-33(36(41)42)37-32-14-6-5-13-31(32)34(39)26-9-3-2-4-10-26/h2-7,9-16,19-20,24,27,33,37H,8,17-18,21-23H2,1H3,(H,41,42). The van der Waals surface area contributed by atoms with Gasteiger partial charge in [0.25, 0.3) is 0 Å². The van der Waals surface area contributed by atoms with E-state index in [0.29, 0.717) is 47.9 Å². The second-order valence-corrected chi connectivity index (χ2v) is 10.8. The molecule has 1 amide bonds. The van der Waals surface area contributed by atoms with Crippen LogP contribution in [0.4, 0.5) is 11.4 Å². The zero-order valence-corrected chi connectivity index (χ0v) is 24.6. The lowest BCUT2D eigenvalue weighted by Crippen LogP contribution is -2.33. The molecular formula is C36H36N2O6. The number of amides is 1. The normalized spacial score (nSPS) is 13.0. The first kappa shape index (κ1) is 30.4. The van der Waals surface area contributed by atoms with Gasteiger partial charge >= 0.3 is 5.97 Å². The predicted octanol–water partition coefficient (Wildman–Crippen LogP) is 6.25. The van der Waals surface area contributed by atoms with Crippen LogP contribution in [-0.2, 0) is 16.0 Å². The highest BCUT2D eigenvalue weighted by molar-refractivity contribution is 6.12. The molecule has 44 heavy (non-hydrogen) atoms. The van der Waals surface area contributed by atoms with Crippen molar-refractivity contribution in [2.75, 3.05) is 30.5 Å². The number of carboxylic acids is 1. The maximum Gasteiger partial charge on any atom is 0.326 e. The van der Waals surface area contributed by atoms with Gasteiger partial charge in [0.1, 0.15) is 17.5 Å². The van der Waals surface area contributed by atoms with E-state index in [1.54, 1.807) is 55.6 Å². The zero-order valence-electron chi connectivity index (χ0n) is 24.6. The van der Waals surface area contributed by atoms with Gasteiger partial charge in [-0.15, -0.1) is 0 Å². The van der Waals surface area contributed by atoms with Crippen LogP contribution < -0.4 is 19.7 Å². The van der Waals surface area contributed by atoms with Gasteiger partial charge in [-0.05, 0) is 61.2 Å². The Hall–Kier alpha value is -5.11. The average molecular weight is 593 g/mol. The minimum absolute atomic E-state index is 0.0941. The Kier molecular flexibility index (Phi) is 9.92. The maximum atomic E-state index is 13.1. The molecule has 1 fully saturated rings. The van der Waals surface area contributed by atoms with E-state index in [4.69, 9.17) is 9.47 Å². The first-order valence-corrected chi connectivity index (χ1v) is 14.8. The van der Waals surface area contributed by atoms with Gasteiger partial charge in [0.2, 0.25) is 5.91 Å². The topological polar surface area (TPSA) is 105 Å². The fourth-order valence-corrected chi connectivity index (χ4v) is 5.01. The quantitative estimate of drug-likeness (QED) is 0.124. The number of hydrogen-bond acceptors (Lipinski definition) is 6. The number of carboxylic acid groups (broad SMARTS) is 1. The van der Waals surface area contributed by atoms with Crippen molar-refractivity contribution in [2.24, 2.45) is 5.92 Å². The lowest BCUT2D eigenvalue weighted by atomic mass is 10.00. The summed E-state index contributed by atoms with van der Waals surface area (Å²) in [6.45, 7) is 0.949. The molecule has 0 bridgehead atoms. The van der Waals surface area contributed by atoms with E-state index in [1.807, 2.05) is 59.5 Å². The summed E-state index contributed by atoms with van der Waals surface area (Å²) in [5, 5.41) is 13.0. The third-order valence-corrected chi connectivity index (χ3v) is 7.55. The third-order valence-electron chi connectivity index (χ3n) is 7.55. The summed E-state index contributed by atoms with van der Waals surface area (Å²) in [6, 6.07) is 29.8. The van der Waals surface area contributed by atoms with E-state index in [9.17, 15) is 19.5 Å². The van der Waals surface area contributed by atoms with Crippen molar-refractivity contribution in [1.82, 2.24) is 0 Å². The molecule has 0 spiro atoms. The lowest BCUT2D eigenvalue weighted by Gasteiger charge is -2.23. The smallest absolute Gasteiger partial charge is 0.326 e. The second kappa shape index (κ2) is 14.4. The highest BCUT2D eigenvalue weighted by atomic mass is 16.5. The molecule has 1 aliphatic carbocycles. The number of ether oxygens (including phenoxy) is 2. The van der Waals surface area contributed by atoms with Crippen LogP contribution in [0.5, 0.6) is 11.5 Å².